The van der Waals surface area contributed by atoms with Gasteiger partial charge in [0.15, 0.2) is 18.3 Å². The van der Waals surface area contributed by atoms with E-state index in [1.165, 1.54) is 44.7 Å². The summed E-state index contributed by atoms with van der Waals surface area (Å²) in [6, 6.07) is 8.58. The zero-order valence-corrected chi connectivity index (χ0v) is 18.4. The molecule has 1 heterocycles. The van der Waals surface area contributed by atoms with Crippen molar-refractivity contribution < 1.29 is 28.6 Å². The molecule has 2 rings (SSSR count). The van der Waals surface area contributed by atoms with Crippen molar-refractivity contribution in [2.24, 2.45) is 0 Å². The Bertz CT molecular complexity index is 988. The lowest BCUT2D eigenvalue weighted by atomic mass is 10.1. The third-order valence-corrected chi connectivity index (χ3v) is 6.99. The standard InChI is InChI=1S/C20H17N3O6S2/c1-10(24)27-16-9-30-20(18(29-12(3)26)17(16)28-11(2)25)31-19-14(7-22)4-13(6-21)5-15(19)8-23/h4-5,16-18,20H,9H2,1-3H3/t16-,17+,18-,20+/m1/s1. The summed E-state index contributed by atoms with van der Waals surface area (Å²) in [5, 5.41) is 28.1. The van der Waals surface area contributed by atoms with Crippen LogP contribution in [0.25, 0.3) is 0 Å². The fourth-order valence-corrected chi connectivity index (χ4v) is 5.79. The molecule has 0 aliphatic carbocycles. The number of nitriles is 3. The van der Waals surface area contributed by atoms with E-state index in [4.69, 9.17) is 19.5 Å². The maximum Gasteiger partial charge on any atom is 0.303 e. The first-order chi connectivity index (χ1) is 14.7. The molecule has 0 N–H and O–H groups in total. The van der Waals surface area contributed by atoms with Crippen LogP contribution in [-0.4, -0.2) is 46.6 Å². The highest BCUT2D eigenvalue weighted by Gasteiger charge is 2.47. The van der Waals surface area contributed by atoms with Gasteiger partial charge >= 0.3 is 17.9 Å². The number of rotatable bonds is 5. The third-order valence-electron chi connectivity index (χ3n) is 4.00. The molecule has 1 aromatic rings. The molecular formula is C20H17N3O6S2. The normalized spacial score (nSPS) is 22.2. The van der Waals surface area contributed by atoms with Gasteiger partial charge in [0.2, 0.25) is 0 Å². The van der Waals surface area contributed by atoms with Gasteiger partial charge in [-0.2, -0.15) is 15.8 Å². The Hall–Kier alpha value is -3.20. The van der Waals surface area contributed by atoms with E-state index in [1.54, 1.807) is 0 Å². The molecule has 1 aliphatic heterocycles. The van der Waals surface area contributed by atoms with Crippen LogP contribution in [0, 0.1) is 34.0 Å². The second-order valence-electron chi connectivity index (χ2n) is 6.35. The Morgan fingerprint density at radius 1 is 0.903 bits per heavy atom. The molecule has 0 amide bonds. The first-order valence-corrected chi connectivity index (χ1v) is 10.8. The van der Waals surface area contributed by atoms with Crippen LogP contribution in [0.4, 0.5) is 0 Å². The number of thioether (sulfide) groups is 2. The summed E-state index contributed by atoms with van der Waals surface area (Å²) in [5.74, 6) is -1.64. The largest absolute Gasteiger partial charge is 0.458 e. The predicted molar refractivity (Wildman–Crippen MR) is 109 cm³/mol. The number of esters is 3. The van der Waals surface area contributed by atoms with E-state index >= 15 is 0 Å². The lowest BCUT2D eigenvalue weighted by molar-refractivity contribution is -0.180. The maximum absolute atomic E-state index is 11.8. The molecule has 11 heteroatoms. The van der Waals surface area contributed by atoms with Crippen molar-refractivity contribution in [3.05, 3.63) is 28.8 Å². The Labute approximate surface area is 187 Å². The number of nitrogens with zero attached hydrogens (tertiary/aromatic N) is 3. The molecule has 0 saturated carbocycles. The zero-order valence-electron chi connectivity index (χ0n) is 16.8. The van der Waals surface area contributed by atoms with Crippen LogP contribution in [0.15, 0.2) is 17.0 Å². The van der Waals surface area contributed by atoms with Crippen molar-refractivity contribution in [2.75, 3.05) is 5.75 Å². The van der Waals surface area contributed by atoms with Crippen molar-refractivity contribution in [1.29, 1.82) is 15.8 Å². The van der Waals surface area contributed by atoms with Crippen molar-refractivity contribution in [2.45, 2.75) is 48.6 Å². The molecule has 160 valence electrons. The van der Waals surface area contributed by atoms with Gasteiger partial charge in [0.05, 0.1) is 27.3 Å². The lowest BCUT2D eigenvalue weighted by Crippen LogP contribution is -2.53. The van der Waals surface area contributed by atoms with Crippen LogP contribution < -0.4 is 0 Å². The molecule has 1 fully saturated rings. The Balaban J connectivity index is 2.48. The van der Waals surface area contributed by atoms with Crippen molar-refractivity contribution in [3.8, 4) is 18.2 Å². The van der Waals surface area contributed by atoms with Crippen LogP contribution in [0.2, 0.25) is 0 Å². The van der Waals surface area contributed by atoms with Crippen LogP contribution in [0.5, 0.6) is 0 Å². The minimum absolute atomic E-state index is 0.119. The van der Waals surface area contributed by atoms with Crippen molar-refractivity contribution in [3.63, 3.8) is 0 Å². The van der Waals surface area contributed by atoms with Crippen LogP contribution >= 0.6 is 23.5 Å². The number of benzene rings is 1. The van der Waals surface area contributed by atoms with Gasteiger partial charge in [-0.25, -0.2) is 0 Å². The highest BCUT2D eigenvalue weighted by molar-refractivity contribution is 8.17. The highest BCUT2D eigenvalue weighted by atomic mass is 32.2. The Morgan fingerprint density at radius 3 is 1.87 bits per heavy atom. The lowest BCUT2D eigenvalue weighted by Gasteiger charge is -2.40. The van der Waals surface area contributed by atoms with E-state index in [0.29, 0.717) is 4.90 Å². The van der Waals surface area contributed by atoms with Gasteiger partial charge in [0.1, 0.15) is 12.1 Å². The summed E-state index contributed by atoms with van der Waals surface area (Å²) in [5.41, 5.74) is 0.404. The minimum Gasteiger partial charge on any atom is -0.458 e. The molecule has 0 radical (unpaired) electrons. The fraction of sp³-hybridized carbons (Fsp3) is 0.400. The topological polar surface area (TPSA) is 150 Å². The molecule has 1 aliphatic rings. The molecule has 0 bridgehead atoms. The minimum atomic E-state index is -1.07. The Kier molecular flexibility index (Phi) is 8.32. The van der Waals surface area contributed by atoms with Gasteiger partial charge in [0, 0.05) is 31.4 Å². The number of ether oxygens (including phenoxy) is 3. The summed E-state index contributed by atoms with van der Waals surface area (Å²) in [7, 11) is 0. The van der Waals surface area contributed by atoms with Crippen LogP contribution in [0.1, 0.15) is 37.5 Å². The van der Waals surface area contributed by atoms with E-state index in [9.17, 15) is 24.9 Å². The molecule has 9 nitrogen and oxygen atoms in total. The quantitative estimate of drug-likeness (QED) is 0.471. The van der Waals surface area contributed by atoms with E-state index in [-0.39, 0.29) is 22.4 Å². The van der Waals surface area contributed by atoms with Gasteiger partial charge in [-0.15, -0.1) is 23.5 Å². The third kappa shape index (κ3) is 6.14. The molecule has 0 unspecified atom stereocenters. The van der Waals surface area contributed by atoms with Gasteiger partial charge in [-0.1, -0.05) is 0 Å². The van der Waals surface area contributed by atoms with Crippen LogP contribution in [-0.2, 0) is 28.6 Å². The smallest absolute Gasteiger partial charge is 0.303 e. The number of carbonyl (C=O) groups is 3. The van der Waals surface area contributed by atoms with E-state index in [0.717, 1.165) is 11.8 Å². The zero-order chi connectivity index (χ0) is 23.1. The molecule has 4 atom stereocenters. The Morgan fingerprint density at radius 2 is 1.42 bits per heavy atom. The van der Waals surface area contributed by atoms with Gasteiger partial charge in [-0.05, 0) is 12.1 Å². The van der Waals surface area contributed by atoms with Crippen molar-refractivity contribution >= 4 is 41.4 Å². The van der Waals surface area contributed by atoms with E-state index in [2.05, 4.69) is 0 Å². The average Bonchev–Trinajstić information content (AvgIpc) is 2.70. The molecular weight excluding hydrogens is 442 g/mol. The summed E-state index contributed by atoms with van der Waals surface area (Å²) >= 11 is 2.36. The van der Waals surface area contributed by atoms with E-state index in [1.807, 2.05) is 18.2 Å². The predicted octanol–water partition coefficient (Wildman–Crippen LogP) is 2.26. The fourth-order valence-electron chi connectivity index (χ4n) is 2.91. The number of hydrogen-bond acceptors (Lipinski definition) is 11. The summed E-state index contributed by atoms with van der Waals surface area (Å²) in [4.78, 5) is 35.2. The van der Waals surface area contributed by atoms with Gasteiger partial charge in [0.25, 0.3) is 0 Å². The SMILES string of the molecule is CC(=O)O[C@@H]1[C@@H](OC(C)=O)[C@H](Sc2c(C#N)cc(C#N)cc2C#N)SC[C@H]1OC(C)=O. The molecule has 31 heavy (non-hydrogen) atoms. The molecule has 1 saturated heterocycles. The monoisotopic (exact) mass is 459 g/mol. The van der Waals surface area contributed by atoms with Gasteiger partial charge < -0.3 is 14.2 Å². The van der Waals surface area contributed by atoms with Crippen molar-refractivity contribution in [1.82, 2.24) is 0 Å². The summed E-state index contributed by atoms with van der Waals surface area (Å²) < 4.78 is 15.4. The maximum atomic E-state index is 11.8. The molecule has 0 spiro atoms. The second-order valence-corrected chi connectivity index (χ2v) is 8.98. The first kappa shape index (κ1) is 24.1. The number of carbonyl (C=O) groups excluding carboxylic acids is 3. The average molecular weight is 460 g/mol. The molecule has 0 aromatic heterocycles. The summed E-state index contributed by atoms with van der Waals surface area (Å²) in [6.45, 7) is 3.59. The molecule has 1 aromatic carbocycles. The number of hydrogen-bond donors (Lipinski definition) is 0. The summed E-state index contributed by atoms with van der Waals surface area (Å²) in [6.07, 6.45) is -2.94. The van der Waals surface area contributed by atoms with Crippen LogP contribution in [0.3, 0.4) is 0 Å². The van der Waals surface area contributed by atoms with Gasteiger partial charge in [-0.3, -0.25) is 14.4 Å². The highest BCUT2D eigenvalue weighted by Crippen LogP contribution is 2.43. The van der Waals surface area contributed by atoms with E-state index < -0.39 is 40.8 Å². The second kappa shape index (κ2) is 10.7. The first-order valence-electron chi connectivity index (χ1n) is 8.88.